The number of benzene rings is 1. The van der Waals surface area contributed by atoms with E-state index >= 15 is 0 Å². The number of hydrogen-bond donors (Lipinski definition) is 0. The highest BCUT2D eigenvalue weighted by molar-refractivity contribution is 5.36. The van der Waals surface area contributed by atoms with Gasteiger partial charge in [-0.3, -0.25) is 0 Å². The molecule has 0 saturated carbocycles. The second-order valence-electron chi connectivity index (χ2n) is 5.03. The van der Waals surface area contributed by atoms with Gasteiger partial charge < -0.3 is 4.57 Å². The monoisotopic (exact) mass is 241 g/mol. The molecule has 1 aromatic heterocycles. The van der Waals surface area contributed by atoms with Crippen LogP contribution in [0.15, 0.2) is 30.6 Å². The number of hydrogen-bond acceptors (Lipinski definition) is 2. The van der Waals surface area contributed by atoms with E-state index in [1.54, 1.807) is 0 Å². The highest BCUT2D eigenvalue weighted by Gasteiger charge is 2.25. The Morgan fingerprint density at radius 1 is 1.33 bits per heavy atom. The van der Waals surface area contributed by atoms with Gasteiger partial charge in [0.1, 0.15) is 12.2 Å². The minimum absolute atomic E-state index is 0.434. The Labute approximate surface area is 108 Å². The summed E-state index contributed by atoms with van der Waals surface area (Å²) in [7, 11) is 0. The lowest BCUT2D eigenvalue weighted by Crippen LogP contribution is -2.15. The quantitative estimate of drug-likeness (QED) is 0.826. The third kappa shape index (κ3) is 1.94. The zero-order chi connectivity index (χ0) is 12.4. The molecule has 0 saturated heterocycles. The van der Waals surface area contributed by atoms with E-state index in [1.807, 2.05) is 6.33 Å². The van der Waals surface area contributed by atoms with E-state index in [2.05, 4.69) is 46.0 Å². The first-order chi connectivity index (χ1) is 8.90. The maximum atomic E-state index is 4.37. The van der Waals surface area contributed by atoms with Crippen LogP contribution in [0.4, 0.5) is 0 Å². The van der Waals surface area contributed by atoms with E-state index in [-0.39, 0.29) is 0 Å². The summed E-state index contributed by atoms with van der Waals surface area (Å²) in [5.41, 5.74) is 2.94. The summed E-state index contributed by atoms with van der Waals surface area (Å²) in [6, 6.07) is 8.78. The highest BCUT2D eigenvalue weighted by Crippen LogP contribution is 2.35. The summed E-state index contributed by atoms with van der Waals surface area (Å²) >= 11 is 0. The lowest BCUT2D eigenvalue weighted by Gasteiger charge is -2.25. The molecule has 3 rings (SSSR count). The Bertz CT molecular complexity index is 530. The lowest BCUT2D eigenvalue weighted by molar-refractivity contribution is 0.545. The predicted octanol–water partition coefficient (Wildman–Crippen LogP) is 3.16. The van der Waals surface area contributed by atoms with Crippen LogP contribution in [0.25, 0.3) is 0 Å². The standard InChI is InChI=1S/C15H19N3/c1-2-10-18-11-16-17-15(18)14-9-5-7-12-6-3-4-8-13(12)14/h3-4,6,8,11,14H,2,5,7,9-10H2,1H3. The van der Waals surface area contributed by atoms with Crippen LogP contribution in [0.5, 0.6) is 0 Å². The summed E-state index contributed by atoms with van der Waals surface area (Å²) < 4.78 is 2.22. The average Bonchev–Trinajstić information content (AvgIpc) is 2.87. The van der Waals surface area contributed by atoms with Crippen molar-refractivity contribution in [3.05, 3.63) is 47.5 Å². The first-order valence-corrected chi connectivity index (χ1v) is 6.85. The van der Waals surface area contributed by atoms with Gasteiger partial charge in [-0.25, -0.2) is 0 Å². The maximum Gasteiger partial charge on any atom is 0.140 e. The van der Waals surface area contributed by atoms with Crippen LogP contribution in [-0.4, -0.2) is 14.8 Å². The number of rotatable bonds is 3. The summed E-state index contributed by atoms with van der Waals surface area (Å²) in [4.78, 5) is 0. The van der Waals surface area contributed by atoms with Gasteiger partial charge >= 0.3 is 0 Å². The van der Waals surface area contributed by atoms with E-state index < -0.39 is 0 Å². The molecule has 18 heavy (non-hydrogen) atoms. The van der Waals surface area contributed by atoms with Crippen LogP contribution in [0.1, 0.15) is 49.1 Å². The second-order valence-corrected chi connectivity index (χ2v) is 5.03. The first kappa shape index (κ1) is 11.5. The molecule has 94 valence electrons. The number of aromatic nitrogens is 3. The Kier molecular flexibility index (Phi) is 3.13. The van der Waals surface area contributed by atoms with E-state index in [9.17, 15) is 0 Å². The first-order valence-electron chi connectivity index (χ1n) is 6.85. The fraction of sp³-hybridized carbons (Fsp3) is 0.467. The Balaban J connectivity index is 2.00. The summed E-state index contributed by atoms with van der Waals surface area (Å²) in [5, 5.41) is 8.47. The average molecular weight is 241 g/mol. The summed E-state index contributed by atoms with van der Waals surface area (Å²) in [5.74, 6) is 1.58. The molecule has 1 unspecified atom stereocenters. The molecule has 0 spiro atoms. The van der Waals surface area contributed by atoms with Gasteiger partial charge in [-0.1, -0.05) is 31.2 Å². The van der Waals surface area contributed by atoms with Gasteiger partial charge in [0.05, 0.1) is 0 Å². The van der Waals surface area contributed by atoms with Crippen molar-refractivity contribution in [2.24, 2.45) is 0 Å². The van der Waals surface area contributed by atoms with Crippen molar-refractivity contribution in [3.63, 3.8) is 0 Å². The third-order valence-corrected chi connectivity index (χ3v) is 3.79. The number of aryl methyl sites for hydroxylation is 2. The molecule has 3 heteroatoms. The summed E-state index contributed by atoms with van der Waals surface area (Å²) in [6.45, 7) is 3.21. The molecular formula is C15H19N3. The van der Waals surface area contributed by atoms with Crippen LogP contribution in [0.2, 0.25) is 0 Å². The predicted molar refractivity (Wildman–Crippen MR) is 71.5 cm³/mol. The van der Waals surface area contributed by atoms with Crippen LogP contribution in [0, 0.1) is 0 Å². The molecule has 1 aromatic carbocycles. The molecule has 0 bridgehead atoms. The van der Waals surface area contributed by atoms with Gasteiger partial charge in [0, 0.05) is 12.5 Å². The van der Waals surface area contributed by atoms with Crippen molar-refractivity contribution in [1.82, 2.24) is 14.8 Å². The molecule has 0 fully saturated rings. The van der Waals surface area contributed by atoms with Crippen molar-refractivity contribution in [2.45, 2.75) is 45.1 Å². The van der Waals surface area contributed by atoms with Crippen molar-refractivity contribution >= 4 is 0 Å². The molecule has 3 nitrogen and oxygen atoms in total. The van der Waals surface area contributed by atoms with Crippen LogP contribution in [-0.2, 0) is 13.0 Å². The van der Waals surface area contributed by atoms with Gasteiger partial charge in [-0.2, -0.15) is 0 Å². The van der Waals surface area contributed by atoms with Crippen molar-refractivity contribution in [2.75, 3.05) is 0 Å². The zero-order valence-corrected chi connectivity index (χ0v) is 10.8. The molecule has 2 aromatic rings. The molecule has 1 aliphatic rings. The van der Waals surface area contributed by atoms with Gasteiger partial charge in [0.25, 0.3) is 0 Å². The Morgan fingerprint density at radius 2 is 2.22 bits per heavy atom. The zero-order valence-electron chi connectivity index (χ0n) is 10.8. The molecule has 0 N–H and O–H groups in total. The fourth-order valence-corrected chi connectivity index (χ4v) is 2.97. The maximum absolute atomic E-state index is 4.37. The Hall–Kier alpha value is -1.64. The van der Waals surface area contributed by atoms with Crippen LogP contribution in [0.3, 0.4) is 0 Å². The molecular weight excluding hydrogens is 222 g/mol. The minimum atomic E-state index is 0.434. The van der Waals surface area contributed by atoms with E-state index in [0.29, 0.717) is 5.92 Å². The SMILES string of the molecule is CCCn1cnnc1C1CCCc2ccccc21. The Morgan fingerprint density at radius 3 is 3.11 bits per heavy atom. The highest BCUT2D eigenvalue weighted by atomic mass is 15.3. The smallest absolute Gasteiger partial charge is 0.140 e. The summed E-state index contributed by atoms with van der Waals surface area (Å²) in [6.07, 6.45) is 6.64. The molecule has 0 aliphatic heterocycles. The van der Waals surface area contributed by atoms with Crippen LogP contribution < -0.4 is 0 Å². The molecule has 0 amide bonds. The van der Waals surface area contributed by atoms with Gasteiger partial charge in [0.2, 0.25) is 0 Å². The van der Waals surface area contributed by atoms with Crippen LogP contribution >= 0.6 is 0 Å². The van der Waals surface area contributed by atoms with Gasteiger partial charge in [-0.05, 0) is 36.8 Å². The largest absolute Gasteiger partial charge is 0.317 e. The van der Waals surface area contributed by atoms with Crippen molar-refractivity contribution in [3.8, 4) is 0 Å². The third-order valence-electron chi connectivity index (χ3n) is 3.79. The van der Waals surface area contributed by atoms with E-state index in [1.165, 1.54) is 30.4 Å². The second kappa shape index (κ2) is 4.92. The molecule has 1 atom stereocenters. The topological polar surface area (TPSA) is 30.7 Å². The minimum Gasteiger partial charge on any atom is -0.317 e. The molecule has 1 heterocycles. The molecule has 1 aliphatic carbocycles. The van der Waals surface area contributed by atoms with Gasteiger partial charge in [0.15, 0.2) is 0 Å². The van der Waals surface area contributed by atoms with Crippen molar-refractivity contribution < 1.29 is 0 Å². The van der Waals surface area contributed by atoms with E-state index in [4.69, 9.17) is 0 Å². The molecule has 0 radical (unpaired) electrons. The number of fused-ring (bicyclic) bond motifs is 1. The number of nitrogens with zero attached hydrogens (tertiary/aromatic N) is 3. The van der Waals surface area contributed by atoms with Crippen molar-refractivity contribution in [1.29, 1.82) is 0 Å². The van der Waals surface area contributed by atoms with E-state index in [0.717, 1.165) is 18.8 Å². The fourth-order valence-electron chi connectivity index (χ4n) is 2.97. The lowest BCUT2D eigenvalue weighted by atomic mass is 9.82. The normalized spacial score (nSPS) is 18.6. The van der Waals surface area contributed by atoms with Gasteiger partial charge in [-0.15, -0.1) is 10.2 Å².